The van der Waals surface area contributed by atoms with Gasteiger partial charge in [-0.1, -0.05) is 18.9 Å². The number of carbonyl (C=O) groups is 1. The largest absolute Gasteiger partial charge is 0.324 e. The zero-order valence-electron chi connectivity index (χ0n) is 10.3. The summed E-state index contributed by atoms with van der Waals surface area (Å²) in [7, 11) is 0. The van der Waals surface area contributed by atoms with Gasteiger partial charge in [0.25, 0.3) is 0 Å². The molecule has 0 saturated heterocycles. The van der Waals surface area contributed by atoms with E-state index in [-0.39, 0.29) is 5.91 Å². The first kappa shape index (κ1) is 13.1. The third-order valence-electron chi connectivity index (χ3n) is 3.48. The highest BCUT2D eigenvalue weighted by Crippen LogP contribution is 2.39. The maximum Gasteiger partial charge on any atom is 0.244 e. The van der Waals surface area contributed by atoms with Crippen LogP contribution in [0.1, 0.15) is 31.2 Å². The van der Waals surface area contributed by atoms with Gasteiger partial charge in [-0.3, -0.25) is 4.79 Å². The summed E-state index contributed by atoms with van der Waals surface area (Å²) in [6.07, 6.45) is 3.24. The molecule has 1 aromatic rings. The van der Waals surface area contributed by atoms with Crippen LogP contribution in [0, 0.1) is 23.7 Å². The first-order valence-corrected chi connectivity index (χ1v) is 6.85. The predicted octanol–water partition coefficient (Wildman–Crippen LogP) is 3.78. The molecule has 1 fully saturated rings. The minimum atomic E-state index is -0.830. The van der Waals surface area contributed by atoms with E-state index in [9.17, 15) is 10.1 Å². The molecule has 0 spiro atoms. The van der Waals surface area contributed by atoms with Gasteiger partial charge in [-0.05, 0) is 53.4 Å². The van der Waals surface area contributed by atoms with E-state index in [1.807, 2.05) is 25.1 Å². The van der Waals surface area contributed by atoms with Crippen LogP contribution in [0.2, 0.25) is 0 Å². The van der Waals surface area contributed by atoms with Crippen LogP contribution in [0.4, 0.5) is 5.69 Å². The number of benzene rings is 1. The Morgan fingerprint density at radius 2 is 2.11 bits per heavy atom. The second kappa shape index (κ2) is 5.11. The Bertz CT molecular complexity index is 513. The highest BCUT2D eigenvalue weighted by molar-refractivity contribution is 9.10. The number of halogens is 1. The summed E-state index contributed by atoms with van der Waals surface area (Å²) in [5, 5.41) is 12.1. The van der Waals surface area contributed by atoms with Crippen LogP contribution in [0.25, 0.3) is 0 Å². The summed E-state index contributed by atoms with van der Waals surface area (Å²) in [6, 6.07) is 7.98. The first-order chi connectivity index (χ1) is 8.57. The summed E-state index contributed by atoms with van der Waals surface area (Å²) in [4.78, 5) is 12.3. The molecule has 1 amide bonds. The van der Waals surface area contributed by atoms with E-state index in [1.165, 1.54) is 0 Å². The number of rotatable bonds is 2. The highest BCUT2D eigenvalue weighted by Gasteiger charge is 2.41. The van der Waals surface area contributed by atoms with Gasteiger partial charge in [0.15, 0.2) is 0 Å². The summed E-state index contributed by atoms with van der Waals surface area (Å²) < 4.78 is 0.840. The summed E-state index contributed by atoms with van der Waals surface area (Å²) in [6.45, 7) is 1.97. The summed E-state index contributed by atoms with van der Waals surface area (Å²) in [5.41, 5.74) is 0.982. The lowest BCUT2D eigenvalue weighted by Gasteiger charge is -2.20. The van der Waals surface area contributed by atoms with Crippen molar-refractivity contribution < 1.29 is 4.79 Å². The fourth-order valence-electron chi connectivity index (χ4n) is 2.35. The van der Waals surface area contributed by atoms with E-state index in [0.29, 0.717) is 12.8 Å². The fraction of sp³-hybridized carbons (Fsp3) is 0.429. The van der Waals surface area contributed by atoms with Gasteiger partial charge in [-0.2, -0.15) is 5.26 Å². The molecule has 1 aliphatic rings. The normalized spacial score (nSPS) is 17.2. The maximum atomic E-state index is 12.3. The average Bonchev–Trinajstić information content (AvgIpc) is 2.84. The van der Waals surface area contributed by atoms with Gasteiger partial charge in [0.1, 0.15) is 5.41 Å². The van der Waals surface area contributed by atoms with E-state index >= 15 is 0 Å². The van der Waals surface area contributed by atoms with Gasteiger partial charge >= 0.3 is 0 Å². The Hall–Kier alpha value is -1.34. The Morgan fingerprint density at radius 1 is 1.44 bits per heavy atom. The molecule has 1 aliphatic carbocycles. The third-order valence-corrected chi connectivity index (χ3v) is 4.17. The molecule has 1 saturated carbocycles. The van der Waals surface area contributed by atoms with Crippen LogP contribution < -0.4 is 5.32 Å². The van der Waals surface area contributed by atoms with Crippen LogP contribution in [-0.2, 0) is 4.79 Å². The molecule has 0 radical (unpaired) electrons. The molecule has 0 heterocycles. The molecule has 0 aromatic heterocycles. The van der Waals surface area contributed by atoms with Gasteiger partial charge in [0, 0.05) is 4.47 Å². The number of hydrogen-bond donors (Lipinski definition) is 1. The molecule has 4 heteroatoms. The number of nitriles is 1. The molecule has 18 heavy (non-hydrogen) atoms. The molecule has 0 bridgehead atoms. The molecule has 2 rings (SSSR count). The zero-order valence-corrected chi connectivity index (χ0v) is 11.9. The van der Waals surface area contributed by atoms with E-state index in [0.717, 1.165) is 28.6 Å². The molecule has 1 N–H and O–H groups in total. The average molecular weight is 307 g/mol. The molecule has 1 aromatic carbocycles. The van der Waals surface area contributed by atoms with Gasteiger partial charge in [0.05, 0.1) is 11.8 Å². The van der Waals surface area contributed by atoms with Crippen molar-refractivity contribution in [1.29, 1.82) is 5.26 Å². The number of anilines is 1. The molecule has 94 valence electrons. The number of nitrogens with zero attached hydrogens (tertiary/aromatic N) is 1. The fourth-order valence-corrected chi connectivity index (χ4v) is 2.69. The van der Waals surface area contributed by atoms with Crippen LogP contribution >= 0.6 is 15.9 Å². The van der Waals surface area contributed by atoms with Gasteiger partial charge in [-0.15, -0.1) is 0 Å². The van der Waals surface area contributed by atoms with Crippen molar-refractivity contribution in [3.05, 3.63) is 28.2 Å². The van der Waals surface area contributed by atoms with Crippen molar-refractivity contribution in [2.75, 3.05) is 5.32 Å². The van der Waals surface area contributed by atoms with Crippen molar-refractivity contribution >= 4 is 27.5 Å². The quantitative estimate of drug-likeness (QED) is 0.904. The van der Waals surface area contributed by atoms with E-state index in [1.54, 1.807) is 0 Å². The monoisotopic (exact) mass is 306 g/mol. The number of aryl methyl sites for hydroxylation is 1. The van der Waals surface area contributed by atoms with Crippen molar-refractivity contribution in [3.63, 3.8) is 0 Å². The molecular weight excluding hydrogens is 292 g/mol. The van der Waals surface area contributed by atoms with Crippen molar-refractivity contribution in [2.45, 2.75) is 32.6 Å². The summed E-state index contributed by atoms with van der Waals surface area (Å²) in [5.74, 6) is -0.172. The van der Waals surface area contributed by atoms with Gasteiger partial charge in [-0.25, -0.2) is 0 Å². The van der Waals surface area contributed by atoms with Gasteiger partial charge < -0.3 is 5.32 Å². The Morgan fingerprint density at radius 3 is 2.72 bits per heavy atom. The minimum Gasteiger partial charge on any atom is -0.324 e. The minimum absolute atomic E-state index is 0.172. The van der Waals surface area contributed by atoms with Crippen molar-refractivity contribution in [1.82, 2.24) is 0 Å². The smallest absolute Gasteiger partial charge is 0.244 e. The van der Waals surface area contributed by atoms with Crippen molar-refractivity contribution in [2.24, 2.45) is 5.41 Å². The predicted molar refractivity (Wildman–Crippen MR) is 74.0 cm³/mol. The van der Waals surface area contributed by atoms with Crippen LogP contribution in [0.3, 0.4) is 0 Å². The second-order valence-corrected chi connectivity index (χ2v) is 5.69. The van der Waals surface area contributed by atoms with Crippen LogP contribution in [0.5, 0.6) is 0 Å². The third kappa shape index (κ3) is 2.41. The lowest BCUT2D eigenvalue weighted by Crippen LogP contribution is -2.32. The Kier molecular flexibility index (Phi) is 3.72. The van der Waals surface area contributed by atoms with Gasteiger partial charge in [0.2, 0.25) is 5.91 Å². The molecule has 0 atom stereocenters. The highest BCUT2D eigenvalue weighted by atomic mass is 79.9. The van der Waals surface area contributed by atoms with E-state index in [4.69, 9.17) is 0 Å². The molecule has 3 nitrogen and oxygen atoms in total. The van der Waals surface area contributed by atoms with E-state index < -0.39 is 5.41 Å². The number of carbonyl (C=O) groups excluding carboxylic acids is 1. The molecule has 0 unspecified atom stereocenters. The SMILES string of the molecule is Cc1ccc(Br)c(NC(=O)C2(C#N)CCCC2)c1. The van der Waals surface area contributed by atoms with E-state index in [2.05, 4.69) is 27.3 Å². The number of hydrogen-bond acceptors (Lipinski definition) is 2. The second-order valence-electron chi connectivity index (χ2n) is 4.84. The lowest BCUT2D eigenvalue weighted by molar-refractivity contribution is -0.122. The maximum absolute atomic E-state index is 12.3. The summed E-state index contributed by atoms with van der Waals surface area (Å²) >= 11 is 3.41. The zero-order chi connectivity index (χ0) is 13.2. The number of amides is 1. The van der Waals surface area contributed by atoms with Crippen LogP contribution in [-0.4, -0.2) is 5.91 Å². The Balaban J connectivity index is 2.21. The number of nitrogens with one attached hydrogen (secondary N) is 1. The van der Waals surface area contributed by atoms with Crippen LogP contribution in [0.15, 0.2) is 22.7 Å². The first-order valence-electron chi connectivity index (χ1n) is 6.06. The van der Waals surface area contributed by atoms with Crippen molar-refractivity contribution in [3.8, 4) is 6.07 Å². The molecular formula is C14H15BrN2O. The lowest BCUT2D eigenvalue weighted by atomic mass is 9.87. The standard InChI is InChI=1S/C14H15BrN2O/c1-10-4-5-11(15)12(8-10)17-13(18)14(9-16)6-2-3-7-14/h4-5,8H,2-3,6-7H2,1H3,(H,17,18). The Labute approximate surface area is 115 Å². The topological polar surface area (TPSA) is 52.9 Å². The molecule has 0 aliphatic heterocycles.